The highest BCUT2D eigenvalue weighted by molar-refractivity contribution is 6.18. The van der Waals surface area contributed by atoms with Crippen LogP contribution in [-0.4, -0.2) is 15.0 Å². The van der Waals surface area contributed by atoms with E-state index in [0.717, 1.165) is 82.6 Å². The molecule has 0 spiro atoms. The van der Waals surface area contributed by atoms with Crippen molar-refractivity contribution in [2.45, 2.75) is 0 Å². The van der Waals surface area contributed by atoms with Crippen molar-refractivity contribution in [3.8, 4) is 67.5 Å². The van der Waals surface area contributed by atoms with Gasteiger partial charge in [0.15, 0.2) is 17.5 Å². The molecule has 0 bridgehead atoms. The van der Waals surface area contributed by atoms with Gasteiger partial charge in [0.2, 0.25) is 0 Å². The Morgan fingerprint density at radius 2 is 0.800 bits per heavy atom. The fraction of sp³-hybridized carbons (Fsp3) is 0. The lowest BCUT2D eigenvalue weighted by Crippen LogP contribution is -2.01. The predicted molar refractivity (Wildman–Crippen MR) is 242 cm³/mol. The summed E-state index contributed by atoms with van der Waals surface area (Å²) in [5, 5.41) is 6.18. The lowest BCUT2D eigenvalue weighted by atomic mass is 9.90. The zero-order chi connectivity index (χ0) is 39.6. The molecule has 12 aromatic rings. The maximum absolute atomic E-state index is 6.85. The van der Waals surface area contributed by atoms with Crippen molar-refractivity contribution >= 4 is 54.6 Å². The molecule has 3 heterocycles. The van der Waals surface area contributed by atoms with E-state index >= 15 is 0 Å². The minimum atomic E-state index is 0.489. The van der Waals surface area contributed by atoms with E-state index in [1.807, 2.05) is 78.9 Å². The Morgan fingerprint density at radius 3 is 1.52 bits per heavy atom. The van der Waals surface area contributed by atoms with Crippen LogP contribution in [0.25, 0.3) is 122 Å². The Kier molecular flexibility index (Phi) is 7.69. The molecule has 0 aliphatic carbocycles. The van der Waals surface area contributed by atoms with Crippen LogP contribution in [0.3, 0.4) is 0 Å². The summed E-state index contributed by atoms with van der Waals surface area (Å²) in [7, 11) is 0. The van der Waals surface area contributed by atoms with Gasteiger partial charge in [-0.2, -0.15) is 0 Å². The number of para-hydroxylation sites is 2. The molecule has 0 N–H and O–H groups in total. The van der Waals surface area contributed by atoms with Crippen LogP contribution in [0.5, 0.6) is 0 Å². The second-order valence-electron chi connectivity index (χ2n) is 14.9. The molecule has 0 amide bonds. The largest absolute Gasteiger partial charge is 0.456 e. The lowest BCUT2D eigenvalue weighted by molar-refractivity contribution is 0.669. The van der Waals surface area contributed by atoms with Crippen LogP contribution in [0, 0.1) is 12.1 Å². The molecule has 5 heteroatoms. The smallest absolute Gasteiger partial charge is 0.172 e. The third-order valence-corrected chi connectivity index (χ3v) is 11.4. The van der Waals surface area contributed by atoms with Crippen molar-refractivity contribution in [1.82, 2.24) is 15.0 Å². The molecule has 5 nitrogen and oxygen atoms in total. The average Bonchev–Trinajstić information content (AvgIpc) is 3.91. The third kappa shape index (κ3) is 5.47. The van der Waals surface area contributed by atoms with Gasteiger partial charge in [-0.3, -0.25) is 0 Å². The lowest BCUT2D eigenvalue weighted by Gasteiger charge is -2.14. The first-order chi connectivity index (χ1) is 29.7. The van der Waals surface area contributed by atoms with Gasteiger partial charge in [-0.25, -0.2) is 15.0 Å². The first-order valence-corrected chi connectivity index (χ1v) is 19.9. The molecular weight excluding hydrogens is 735 g/mol. The fourth-order valence-electron chi connectivity index (χ4n) is 8.63. The second-order valence-corrected chi connectivity index (χ2v) is 14.9. The van der Waals surface area contributed by atoms with Crippen molar-refractivity contribution in [2.75, 3.05) is 0 Å². The van der Waals surface area contributed by atoms with Crippen LogP contribution in [0.15, 0.2) is 197 Å². The molecule has 0 fully saturated rings. The van der Waals surface area contributed by atoms with Gasteiger partial charge in [-0.15, -0.1) is 0 Å². The highest BCUT2D eigenvalue weighted by Gasteiger charge is 2.23. The number of nitrogens with zero attached hydrogens (tertiary/aromatic N) is 3. The molecule has 0 radical (unpaired) electrons. The number of fused-ring (bicyclic) bond motifs is 7. The Bertz CT molecular complexity index is 3590. The molecule has 12 rings (SSSR count). The van der Waals surface area contributed by atoms with Crippen LogP contribution in [0.1, 0.15) is 0 Å². The zero-order valence-corrected chi connectivity index (χ0v) is 32.1. The van der Waals surface area contributed by atoms with Gasteiger partial charge in [-0.05, 0) is 75.5 Å². The Balaban J connectivity index is 1.10. The summed E-state index contributed by atoms with van der Waals surface area (Å²) in [5.41, 5.74) is 12.0. The van der Waals surface area contributed by atoms with Crippen molar-refractivity contribution in [2.24, 2.45) is 0 Å². The SMILES string of the molecule is c1c(-c2ccccc2)ccc(-c2nc(-c3cccc4oc5ccccc5c34)nc(-c3ccc(-c4ccc(-c5ccccc5)c5ccccc45)c4oc5ccccc5c34)n2)c#1. The summed E-state index contributed by atoms with van der Waals surface area (Å²) >= 11 is 0. The quantitative estimate of drug-likeness (QED) is 0.169. The van der Waals surface area contributed by atoms with Crippen molar-refractivity contribution in [1.29, 1.82) is 0 Å². The summed E-state index contributed by atoms with van der Waals surface area (Å²) in [6, 6.07) is 71.1. The van der Waals surface area contributed by atoms with Gasteiger partial charge in [-0.1, -0.05) is 158 Å². The molecule has 0 atom stereocenters. The number of hydrogen-bond acceptors (Lipinski definition) is 5. The highest BCUT2D eigenvalue weighted by atomic mass is 16.3. The monoisotopic (exact) mass is 765 g/mol. The minimum absolute atomic E-state index is 0.489. The van der Waals surface area contributed by atoms with Gasteiger partial charge in [0.25, 0.3) is 0 Å². The van der Waals surface area contributed by atoms with E-state index in [1.165, 1.54) is 16.5 Å². The number of aromatic nitrogens is 3. The van der Waals surface area contributed by atoms with Gasteiger partial charge in [0.1, 0.15) is 22.3 Å². The number of benzene rings is 8. The summed E-state index contributed by atoms with van der Waals surface area (Å²) in [5.74, 6) is 1.54. The van der Waals surface area contributed by atoms with Crippen LogP contribution in [0.2, 0.25) is 0 Å². The van der Waals surface area contributed by atoms with Crippen molar-refractivity contribution in [3.63, 3.8) is 0 Å². The van der Waals surface area contributed by atoms with E-state index in [4.69, 9.17) is 23.8 Å². The van der Waals surface area contributed by atoms with Gasteiger partial charge >= 0.3 is 0 Å². The van der Waals surface area contributed by atoms with Crippen molar-refractivity contribution in [3.05, 3.63) is 200 Å². The van der Waals surface area contributed by atoms with E-state index in [-0.39, 0.29) is 0 Å². The topological polar surface area (TPSA) is 65.0 Å². The highest BCUT2D eigenvalue weighted by Crippen LogP contribution is 2.45. The molecule has 0 aliphatic heterocycles. The Hall–Kier alpha value is -8.33. The van der Waals surface area contributed by atoms with E-state index in [1.54, 1.807) is 0 Å². The summed E-state index contributed by atoms with van der Waals surface area (Å²) < 4.78 is 13.2. The molecule has 0 saturated carbocycles. The standard InChI is InChI=1S/C55H31N3O2/c1-3-14-34(15-4-1)35-26-28-37(29-27-35)53-56-54(45-22-13-25-49-50(45)43-20-9-11-23-47(43)59-49)58-55(57-53)46-33-32-42(52-51(46)44-21-10-12-24-48(44)60-52)41-31-30-38(36-16-5-2-6-17-36)39-18-7-8-19-40(39)41/h1-26,28,30-33H. The fourth-order valence-corrected chi connectivity index (χ4v) is 8.63. The summed E-state index contributed by atoms with van der Waals surface area (Å²) in [6.45, 7) is 0. The van der Waals surface area contributed by atoms with Gasteiger partial charge in [0.05, 0.1) is 5.56 Å². The Morgan fingerprint density at radius 1 is 0.300 bits per heavy atom. The van der Waals surface area contributed by atoms with E-state index in [0.29, 0.717) is 23.0 Å². The molecule has 278 valence electrons. The van der Waals surface area contributed by atoms with Crippen LogP contribution >= 0.6 is 0 Å². The van der Waals surface area contributed by atoms with Crippen LogP contribution < -0.4 is 0 Å². The molecule has 60 heavy (non-hydrogen) atoms. The first-order valence-electron chi connectivity index (χ1n) is 19.9. The normalized spacial score (nSPS) is 11.5. The number of furan rings is 2. The molecule has 0 saturated heterocycles. The van der Waals surface area contributed by atoms with Crippen LogP contribution in [0.4, 0.5) is 0 Å². The molecule has 0 unspecified atom stereocenters. The minimum Gasteiger partial charge on any atom is -0.456 e. The summed E-state index contributed by atoms with van der Waals surface area (Å²) in [4.78, 5) is 15.7. The molecule has 0 aliphatic rings. The van der Waals surface area contributed by atoms with E-state index in [2.05, 4.69) is 121 Å². The third-order valence-electron chi connectivity index (χ3n) is 11.4. The number of hydrogen-bond donors (Lipinski definition) is 0. The maximum atomic E-state index is 6.85. The van der Waals surface area contributed by atoms with E-state index < -0.39 is 0 Å². The molecule has 3 aromatic heterocycles. The van der Waals surface area contributed by atoms with Crippen LogP contribution in [-0.2, 0) is 0 Å². The first kappa shape index (κ1) is 33.8. The van der Waals surface area contributed by atoms with E-state index in [9.17, 15) is 0 Å². The number of rotatable bonds is 6. The zero-order valence-electron chi connectivity index (χ0n) is 32.1. The van der Waals surface area contributed by atoms with Gasteiger partial charge < -0.3 is 8.83 Å². The summed E-state index contributed by atoms with van der Waals surface area (Å²) in [6.07, 6.45) is 0. The molecule has 9 aromatic carbocycles. The Labute approximate surface area is 344 Å². The maximum Gasteiger partial charge on any atom is 0.172 e. The van der Waals surface area contributed by atoms with Crippen molar-refractivity contribution < 1.29 is 8.83 Å². The molecular formula is C55H31N3O2. The van der Waals surface area contributed by atoms with Gasteiger partial charge in [0, 0.05) is 43.8 Å². The average molecular weight is 766 g/mol. The second kappa shape index (κ2) is 13.7. The predicted octanol–water partition coefficient (Wildman–Crippen LogP) is 14.4.